The summed E-state index contributed by atoms with van der Waals surface area (Å²) in [5, 5.41) is 10.7. The lowest BCUT2D eigenvalue weighted by atomic mass is 10.4. The summed E-state index contributed by atoms with van der Waals surface area (Å²) in [7, 11) is -2.61. The second-order valence-corrected chi connectivity index (χ2v) is 6.96. The van der Waals surface area contributed by atoms with Crippen LogP contribution in [-0.4, -0.2) is 41.9 Å². The predicted octanol–water partition coefficient (Wildman–Crippen LogP) is 1.39. The van der Waals surface area contributed by atoms with Crippen LogP contribution in [0.5, 0.6) is 0 Å². The van der Waals surface area contributed by atoms with Crippen LogP contribution >= 0.6 is 11.3 Å². The van der Waals surface area contributed by atoms with Crippen molar-refractivity contribution < 1.29 is 18.3 Å². The van der Waals surface area contributed by atoms with Crippen molar-refractivity contribution in [3.63, 3.8) is 0 Å². The first-order valence-corrected chi connectivity index (χ1v) is 7.70. The van der Waals surface area contributed by atoms with E-state index >= 15 is 0 Å². The van der Waals surface area contributed by atoms with Crippen LogP contribution in [0.4, 0.5) is 0 Å². The molecule has 8 heteroatoms. The molecule has 1 atom stereocenters. The normalized spacial score (nSPS) is 13.8. The third-order valence-corrected chi connectivity index (χ3v) is 5.60. The van der Waals surface area contributed by atoms with Gasteiger partial charge < -0.3 is 5.11 Å². The van der Waals surface area contributed by atoms with Gasteiger partial charge in [0.05, 0.1) is 10.2 Å². The van der Waals surface area contributed by atoms with E-state index in [0.717, 1.165) is 14.5 Å². The molecule has 0 bridgehead atoms. The molecule has 19 heavy (non-hydrogen) atoms. The number of aromatic nitrogens is 1. The van der Waals surface area contributed by atoms with Crippen LogP contribution in [0.3, 0.4) is 0 Å². The van der Waals surface area contributed by atoms with E-state index in [1.165, 1.54) is 37.6 Å². The number of carbonyl (C=O) groups is 1. The number of pyridine rings is 1. The molecule has 2 heterocycles. The fourth-order valence-electron chi connectivity index (χ4n) is 1.50. The van der Waals surface area contributed by atoms with E-state index in [1.54, 1.807) is 6.07 Å². The van der Waals surface area contributed by atoms with Crippen molar-refractivity contribution in [2.45, 2.75) is 17.9 Å². The number of nitrogens with zero attached hydrogens (tertiary/aromatic N) is 2. The highest BCUT2D eigenvalue weighted by molar-refractivity contribution is 7.89. The lowest BCUT2D eigenvalue weighted by Gasteiger charge is -2.20. The van der Waals surface area contributed by atoms with Gasteiger partial charge in [0.2, 0.25) is 10.0 Å². The second-order valence-electron chi connectivity index (χ2n) is 4.01. The van der Waals surface area contributed by atoms with Crippen molar-refractivity contribution >= 4 is 37.5 Å². The molecule has 0 aromatic carbocycles. The van der Waals surface area contributed by atoms with E-state index in [2.05, 4.69) is 4.98 Å². The number of sulfonamides is 1. The molecule has 6 nitrogen and oxygen atoms in total. The number of fused-ring (bicyclic) bond motifs is 1. The van der Waals surface area contributed by atoms with Crippen LogP contribution in [0.15, 0.2) is 28.6 Å². The van der Waals surface area contributed by atoms with E-state index in [0.29, 0.717) is 0 Å². The summed E-state index contributed by atoms with van der Waals surface area (Å²) in [5.41, 5.74) is 0.720. The van der Waals surface area contributed by atoms with Gasteiger partial charge in [-0.2, -0.15) is 4.31 Å². The summed E-state index contributed by atoms with van der Waals surface area (Å²) in [4.78, 5) is 14.9. The molecule has 0 fully saturated rings. The van der Waals surface area contributed by atoms with E-state index < -0.39 is 22.0 Å². The van der Waals surface area contributed by atoms with Gasteiger partial charge in [-0.15, -0.1) is 11.3 Å². The molecule has 0 aliphatic rings. The van der Waals surface area contributed by atoms with Gasteiger partial charge >= 0.3 is 5.97 Å². The van der Waals surface area contributed by atoms with Crippen LogP contribution in [0.25, 0.3) is 10.2 Å². The Morgan fingerprint density at radius 1 is 1.53 bits per heavy atom. The molecular weight excluding hydrogens is 288 g/mol. The summed E-state index contributed by atoms with van der Waals surface area (Å²) < 4.78 is 26.1. The first kappa shape index (κ1) is 13.9. The molecular formula is C11H12N2O4S2. The maximum absolute atomic E-state index is 12.3. The van der Waals surface area contributed by atoms with E-state index in [9.17, 15) is 13.2 Å². The highest BCUT2D eigenvalue weighted by Crippen LogP contribution is 2.24. The minimum Gasteiger partial charge on any atom is -0.480 e. The van der Waals surface area contributed by atoms with Crippen molar-refractivity contribution in [2.75, 3.05) is 7.05 Å². The lowest BCUT2D eigenvalue weighted by molar-refractivity contribution is -0.140. The summed E-state index contributed by atoms with van der Waals surface area (Å²) in [5.74, 6) is -1.20. The molecule has 0 aliphatic carbocycles. The third kappa shape index (κ3) is 2.46. The number of hydrogen-bond donors (Lipinski definition) is 1. The van der Waals surface area contributed by atoms with Crippen LogP contribution in [0.2, 0.25) is 0 Å². The molecule has 2 aromatic rings. The zero-order valence-electron chi connectivity index (χ0n) is 10.3. The van der Waals surface area contributed by atoms with Crippen molar-refractivity contribution in [1.29, 1.82) is 0 Å². The van der Waals surface area contributed by atoms with E-state index in [4.69, 9.17) is 5.11 Å². The SMILES string of the molecule is CC(C(=O)O)N(C)S(=O)(=O)c1cnc2ccsc2c1. The fourth-order valence-corrected chi connectivity index (χ4v) is 3.65. The molecule has 0 radical (unpaired) electrons. The summed E-state index contributed by atoms with van der Waals surface area (Å²) in [6.07, 6.45) is 1.25. The Hall–Kier alpha value is -1.51. The van der Waals surface area contributed by atoms with Crippen LogP contribution in [0, 0.1) is 0 Å². The average Bonchev–Trinajstić information content (AvgIpc) is 2.83. The molecule has 1 unspecified atom stereocenters. The number of carboxylic acid groups (broad SMARTS) is 1. The van der Waals surface area contributed by atoms with Crippen molar-refractivity contribution in [3.8, 4) is 0 Å². The predicted molar refractivity (Wildman–Crippen MR) is 71.7 cm³/mol. The number of thiophene rings is 1. The maximum atomic E-state index is 12.3. The summed E-state index contributed by atoms with van der Waals surface area (Å²) >= 11 is 1.38. The van der Waals surface area contributed by atoms with Gasteiger partial charge in [0.15, 0.2) is 0 Å². The Balaban J connectivity index is 2.46. The lowest BCUT2D eigenvalue weighted by Crippen LogP contribution is -2.40. The number of carboxylic acids is 1. The highest BCUT2D eigenvalue weighted by atomic mass is 32.2. The Bertz CT molecular complexity index is 723. The molecule has 0 spiro atoms. The number of aliphatic carboxylic acids is 1. The fraction of sp³-hybridized carbons (Fsp3) is 0.273. The minimum atomic E-state index is -3.86. The van der Waals surface area contributed by atoms with Gasteiger partial charge in [0.25, 0.3) is 0 Å². The van der Waals surface area contributed by atoms with Crippen molar-refractivity contribution in [3.05, 3.63) is 23.7 Å². The van der Waals surface area contributed by atoms with E-state index in [1.807, 2.05) is 5.38 Å². The standard InChI is InChI=1S/C11H12N2O4S2/c1-7(11(14)15)13(2)19(16,17)8-5-10-9(12-6-8)3-4-18-10/h3-7H,1-2H3,(H,14,15). The van der Waals surface area contributed by atoms with Gasteiger partial charge in [-0.05, 0) is 24.4 Å². The molecule has 102 valence electrons. The molecule has 0 aliphatic heterocycles. The molecule has 0 amide bonds. The monoisotopic (exact) mass is 300 g/mol. The Morgan fingerprint density at radius 2 is 2.21 bits per heavy atom. The van der Waals surface area contributed by atoms with Crippen LogP contribution in [0.1, 0.15) is 6.92 Å². The minimum absolute atomic E-state index is 0.00181. The number of likely N-dealkylation sites (N-methyl/N-ethyl adjacent to an activating group) is 1. The zero-order chi connectivity index (χ0) is 14.2. The van der Waals surface area contributed by atoms with Gasteiger partial charge in [-0.1, -0.05) is 0 Å². The number of rotatable bonds is 4. The topological polar surface area (TPSA) is 87.6 Å². The largest absolute Gasteiger partial charge is 0.480 e. The smallest absolute Gasteiger partial charge is 0.321 e. The second kappa shape index (κ2) is 4.87. The average molecular weight is 300 g/mol. The van der Waals surface area contributed by atoms with Gasteiger partial charge in [-0.3, -0.25) is 9.78 Å². The van der Waals surface area contributed by atoms with Crippen LogP contribution in [-0.2, 0) is 14.8 Å². The molecule has 2 aromatic heterocycles. The van der Waals surface area contributed by atoms with Gasteiger partial charge in [0, 0.05) is 13.2 Å². The Labute approximate surface area is 114 Å². The molecule has 0 saturated heterocycles. The highest BCUT2D eigenvalue weighted by Gasteiger charge is 2.29. The first-order chi connectivity index (χ1) is 8.84. The van der Waals surface area contributed by atoms with Gasteiger partial charge in [0.1, 0.15) is 10.9 Å². The third-order valence-electron chi connectivity index (χ3n) is 2.86. The summed E-state index contributed by atoms with van der Waals surface area (Å²) in [6, 6.07) is 2.16. The van der Waals surface area contributed by atoms with Gasteiger partial charge in [-0.25, -0.2) is 8.42 Å². The first-order valence-electron chi connectivity index (χ1n) is 5.38. The zero-order valence-corrected chi connectivity index (χ0v) is 11.9. The molecule has 1 N–H and O–H groups in total. The maximum Gasteiger partial charge on any atom is 0.321 e. The van der Waals surface area contributed by atoms with E-state index in [-0.39, 0.29) is 4.90 Å². The Morgan fingerprint density at radius 3 is 2.84 bits per heavy atom. The number of hydrogen-bond acceptors (Lipinski definition) is 5. The van der Waals surface area contributed by atoms with Crippen molar-refractivity contribution in [1.82, 2.24) is 9.29 Å². The Kier molecular flexibility index (Phi) is 3.57. The molecule has 2 rings (SSSR count). The summed E-state index contributed by atoms with van der Waals surface area (Å²) in [6.45, 7) is 1.32. The van der Waals surface area contributed by atoms with Crippen molar-refractivity contribution in [2.24, 2.45) is 0 Å². The van der Waals surface area contributed by atoms with Crippen LogP contribution < -0.4 is 0 Å². The quantitative estimate of drug-likeness (QED) is 0.922. The molecule has 0 saturated carbocycles.